The third kappa shape index (κ3) is 5.94. The number of carbonyl (C=O) groups excluding carboxylic acids is 2. The zero-order valence-electron chi connectivity index (χ0n) is 18.0. The van der Waals surface area contributed by atoms with Crippen molar-refractivity contribution >= 4 is 11.9 Å². The highest BCUT2D eigenvalue weighted by molar-refractivity contribution is 5.79. The van der Waals surface area contributed by atoms with E-state index < -0.39 is 24.7 Å². The molecule has 3 aliphatic heterocycles. The van der Waals surface area contributed by atoms with Gasteiger partial charge in [0.2, 0.25) is 5.91 Å². The molecular weight excluding hydrogens is 446 g/mol. The third-order valence-corrected chi connectivity index (χ3v) is 6.46. The summed E-state index contributed by atoms with van der Waals surface area (Å²) in [7, 11) is 0. The number of nitrogens with zero attached hydrogens (tertiary/aromatic N) is 2. The SMILES string of the molecule is O=C1CO[C@H]2CCN(C(=O)N3CCC(C(OCC(F)(F)F)c4ccc(F)cc4)CC3)CC2N1. The number of amides is 3. The summed E-state index contributed by atoms with van der Waals surface area (Å²) in [4.78, 5) is 28.0. The van der Waals surface area contributed by atoms with E-state index in [-0.39, 0.29) is 36.6 Å². The first-order chi connectivity index (χ1) is 15.7. The number of rotatable bonds is 4. The Morgan fingerprint density at radius 2 is 1.79 bits per heavy atom. The van der Waals surface area contributed by atoms with Crippen LogP contribution >= 0.6 is 0 Å². The number of morpholine rings is 1. The minimum atomic E-state index is -4.47. The Bertz CT molecular complexity index is 843. The van der Waals surface area contributed by atoms with Crippen molar-refractivity contribution in [1.29, 1.82) is 0 Å². The molecule has 182 valence electrons. The molecular formula is C22H27F4N3O4. The molecule has 4 rings (SSSR count). The van der Waals surface area contributed by atoms with Crippen LogP contribution in [0.5, 0.6) is 0 Å². The van der Waals surface area contributed by atoms with Crippen LogP contribution in [0.3, 0.4) is 0 Å². The fourth-order valence-electron chi connectivity index (χ4n) is 4.81. The van der Waals surface area contributed by atoms with Gasteiger partial charge in [-0.3, -0.25) is 4.79 Å². The van der Waals surface area contributed by atoms with Gasteiger partial charge in [-0.2, -0.15) is 13.2 Å². The summed E-state index contributed by atoms with van der Waals surface area (Å²) in [6, 6.07) is 4.91. The molecule has 0 bridgehead atoms. The van der Waals surface area contributed by atoms with Crippen molar-refractivity contribution in [2.24, 2.45) is 5.92 Å². The van der Waals surface area contributed by atoms with E-state index in [1.165, 1.54) is 24.3 Å². The highest BCUT2D eigenvalue weighted by Gasteiger charge is 2.39. The normalized spacial score (nSPS) is 25.4. The smallest absolute Gasteiger partial charge is 0.366 e. The first-order valence-electron chi connectivity index (χ1n) is 11.1. The maximum absolute atomic E-state index is 13.3. The van der Waals surface area contributed by atoms with Crippen LogP contribution in [0.25, 0.3) is 0 Å². The van der Waals surface area contributed by atoms with Gasteiger partial charge in [0.05, 0.1) is 18.2 Å². The van der Waals surface area contributed by atoms with Crippen molar-refractivity contribution in [3.63, 3.8) is 0 Å². The zero-order chi connectivity index (χ0) is 23.6. The monoisotopic (exact) mass is 473 g/mol. The van der Waals surface area contributed by atoms with E-state index in [9.17, 15) is 27.2 Å². The average Bonchev–Trinajstić information content (AvgIpc) is 2.79. The fraction of sp³-hybridized carbons (Fsp3) is 0.636. The molecule has 2 unspecified atom stereocenters. The van der Waals surface area contributed by atoms with E-state index >= 15 is 0 Å². The number of hydrogen-bond donors (Lipinski definition) is 1. The highest BCUT2D eigenvalue weighted by Crippen LogP contribution is 2.35. The van der Waals surface area contributed by atoms with Crippen molar-refractivity contribution in [3.8, 4) is 0 Å². The number of carbonyl (C=O) groups is 2. The number of nitrogens with one attached hydrogen (secondary N) is 1. The van der Waals surface area contributed by atoms with Gasteiger partial charge in [0.25, 0.3) is 0 Å². The van der Waals surface area contributed by atoms with E-state index in [0.717, 1.165) is 0 Å². The van der Waals surface area contributed by atoms with Crippen molar-refractivity contribution in [2.75, 3.05) is 39.4 Å². The number of hydrogen-bond acceptors (Lipinski definition) is 4. The van der Waals surface area contributed by atoms with Crippen molar-refractivity contribution < 1.29 is 36.6 Å². The Balaban J connectivity index is 1.36. The second-order valence-electron chi connectivity index (χ2n) is 8.76. The van der Waals surface area contributed by atoms with Gasteiger partial charge in [-0.15, -0.1) is 0 Å². The van der Waals surface area contributed by atoms with Gasteiger partial charge >= 0.3 is 12.2 Å². The van der Waals surface area contributed by atoms with E-state index in [2.05, 4.69) is 5.32 Å². The van der Waals surface area contributed by atoms with Crippen LogP contribution in [0.15, 0.2) is 24.3 Å². The van der Waals surface area contributed by atoms with E-state index in [4.69, 9.17) is 9.47 Å². The minimum absolute atomic E-state index is 0.0360. The zero-order valence-corrected chi connectivity index (χ0v) is 18.0. The number of halogens is 4. The molecule has 0 spiro atoms. The number of ether oxygens (including phenoxy) is 2. The van der Waals surface area contributed by atoms with Crippen molar-refractivity contribution in [2.45, 2.75) is 43.7 Å². The van der Waals surface area contributed by atoms with Crippen molar-refractivity contribution in [1.82, 2.24) is 15.1 Å². The molecule has 0 radical (unpaired) electrons. The summed E-state index contributed by atoms with van der Waals surface area (Å²) < 4.78 is 62.5. The molecule has 3 heterocycles. The molecule has 11 heteroatoms. The maximum Gasteiger partial charge on any atom is 0.411 e. The lowest BCUT2D eigenvalue weighted by Gasteiger charge is -2.44. The Morgan fingerprint density at radius 3 is 2.45 bits per heavy atom. The molecule has 0 saturated carbocycles. The molecule has 3 amide bonds. The molecule has 3 fully saturated rings. The molecule has 33 heavy (non-hydrogen) atoms. The number of benzene rings is 1. The summed E-state index contributed by atoms with van der Waals surface area (Å²) in [5, 5.41) is 2.86. The number of urea groups is 1. The van der Waals surface area contributed by atoms with Gasteiger partial charge in [-0.05, 0) is 42.9 Å². The second-order valence-corrected chi connectivity index (χ2v) is 8.76. The summed E-state index contributed by atoms with van der Waals surface area (Å²) in [6.07, 6.45) is -3.85. The molecule has 3 atom stereocenters. The second kappa shape index (κ2) is 9.84. The molecule has 0 aliphatic carbocycles. The van der Waals surface area contributed by atoms with Crippen LogP contribution in [0.1, 0.15) is 30.9 Å². The lowest BCUT2D eigenvalue weighted by Crippen LogP contribution is -2.62. The first-order valence-corrected chi connectivity index (χ1v) is 11.1. The average molecular weight is 473 g/mol. The highest BCUT2D eigenvalue weighted by atomic mass is 19.4. The van der Waals surface area contributed by atoms with E-state index in [1.807, 2.05) is 0 Å². The predicted octanol–water partition coefficient (Wildman–Crippen LogP) is 2.87. The van der Waals surface area contributed by atoms with Gasteiger partial charge in [-0.1, -0.05) is 12.1 Å². The molecule has 3 saturated heterocycles. The largest absolute Gasteiger partial charge is 0.411 e. The Kier molecular flexibility index (Phi) is 7.08. The minimum Gasteiger partial charge on any atom is -0.366 e. The summed E-state index contributed by atoms with van der Waals surface area (Å²) >= 11 is 0. The molecule has 1 aromatic carbocycles. The number of fused-ring (bicyclic) bond motifs is 1. The molecule has 1 aromatic rings. The van der Waals surface area contributed by atoms with E-state index in [1.54, 1.807) is 9.80 Å². The molecule has 0 aromatic heterocycles. The fourth-order valence-corrected chi connectivity index (χ4v) is 4.81. The van der Waals surface area contributed by atoms with Crippen LogP contribution in [-0.2, 0) is 14.3 Å². The first kappa shape index (κ1) is 23.7. The van der Waals surface area contributed by atoms with Crippen LogP contribution < -0.4 is 5.32 Å². The van der Waals surface area contributed by atoms with Gasteiger partial charge in [-0.25, -0.2) is 9.18 Å². The Hall–Kier alpha value is -2.40. The van der Waals surface area contributed by atoms with Crippen LogP contribution in [0.4, 0.5) is 22.4 Å². The lowest BCUT2D eigenvalue weighted by molar-refractivity contribution is -0.193. The van der Waals surface area contributed by atoms with Gasteiger partial charge < -0.3 is 24.6 Å². The molecule has 1 N–H and O–H groups in total. The standard InChI is InChI=1S/C22H27F4N3O4/c23-16-3-1-14(2-4-16)20(33-13-22(24,25)26)15-5-8-28(9-6-15)21(31)29-10-7-18-17(11-29)27-19(30)12-32-18/h1-4,15,17-18,20H,5-13H2,(H,27,30)/t17?,18-,20?/m0/s1. The van der Waals surface area contributed by atoms with Crippen molar-refractivity contribution in [3.05, 3.63) is 35.6 Å². The summed E-state index contributed by atoms with van der Waals surface area (Å²) in [5.74, 6) is -0.909. The van der Waals surface area contributed by atoms with Crippen LogP contribution in [0, 0.1) is 11.7 Å². The third-order valence-electron chi connectivity index (χ3n) is 6.46. The summed E-state index contributed by atoms with van der Waals surface area (Å²) in [6.45, 7) is 0.283. The van der Waals surface area contributed by atoms with Crippen LogP contribution in [-0.4, -0.2) is 79.5 Å². The van der Waals surface area contributed by atoms with Crippen LogP contribution in [0.2, 0.25) is 0 Å². The Morgan fingerprint density at radius 1 is 1.12 bits per heavy atom. The van der Waals surface area contributed by atoms with Gasteiger partial charge in [0.1, 0.15) is 19.0 Å². The lowest BCUT2D eigenvalue weighted by atomic mass is 9.87. The topological polar surface area (TPSA) is 71.1 Å². The number of likely N-dealkylation sites (tertiary alicyclic amines) is 2. The predicted molar refractivity (Wildman–Crippen MR) is 109 cm³/mol. The maximum atomic E-state index is 13.3. The van der Waals surface area contributed by atoms with Gasteiger partial charge in [0.15, 0.2) is 0 Å². The Labute approximate surface area is 189 Å². The molecule has 3 aliphatic rings. The number of piperidine rings is 2. The quantitative estimate of drug-likeness (QED) is 0.683. The number of alkyl halides is 3. The van der Waals surface area contributed by atoms with E-state index in [0.29, 0.717) is 51.0 Å². The van der Waals surface area contributed by atoms with Gasteiger partial charge in [0, 0.05) is 26.2 Å². The molecule has 7 nitrogen and oxygen atoms in total. The summed E-state index contributed by atoms with van der Waals surface area (Å²) in [5.41, 5.74) is 0.487.